The van der Waals surface area contributed by atoms with Crippen LogP contribution in [0.2, 0.25) is 0 Å². The summed E-state index contributed by atoms with van der Waals surface area (Å²) >= 11 is 0. The van der Waals surface area contributed by atoms with Crippen molar-refractivity contribution in [2.45, 2.75) is 13.5 Å². The average Bonchev–Trinajstić information content (AvgIpc) is 3.29. The third kappa shape index (κ3) is 3.25. The second kappa shape index (κ2) is 6.67. The molecule has 0 atom stereocenters. The van der Waals surface area contributed by atoms with Crippen molar-refractivity contribution in [2.24, 2.45) is 0 Å². The lowest BCUT2D eigenvalue weighted by Crippen LogP contribution is -2.12. The van der Waals surface area contributed by atoms with E-state index in [-0.39, 0.29) is 12.5 Å². The summed E-state index contributed by atoms with van der Waals surface area (Å²) in [6, 6.07) is 12.5. The van der Waals surface area contributed by atoms with Gasteiger partial charge in [0.1, 0.15) is 5.75 Å². The number of fused-ring (bicyclic) bond motifs is 1. The highest BCUT2D eigenvalue weighted by molar-refractivity contribution is 6.11. The van der Waals surface area contributed by atoms with Crippen molar-refractivity contribution in [1.82, 2.24) is 20.3 Å². The van der Waals surface area contributed by atoms with E-state index in [2.05, 4.69) is 25.7 Å². The van der Waals surface area contributed by atoms with Gasteiger partial charge in [0.25, 0.3) is 5.91 Å². The summed E-state index contributed by atoms with van der Waals surface area (Å²) < 4.78 is 10.5. The first-order valence-electron chi connectivity index (χ1n) is 7.94. The zero-order valence-corrected chi connectivity index (χ0v) is 13.9. The van der Waals surface area contributed by atoms with Gasteiger partial charge in [0.15, 0.2) is 6.61 Å². The monoisotopic (exact) mass is 349 g/mol. The zero-order chi connectivity index (χ0) is 17.9. The maximum atomic E-state index is 12.5. The number of anilines is 1. The Morgan fingerprint density at radius 2 is 2.08 bits per heavy atom. The molecular formula is C18H15N5O3. The number of carbonyl (C=O) groups excluding carboxylic acids is 1. The summed E-state index contributed by atoms with van der Waals surface area (Å²) in [6.07, 6.45) is 1.68. The summed E-state index contributed by atoms with van der Waals surface area (Å²) in [4.78, 5) is 16.6. The topological polar surface area (TPSA) is 106 Å². The first-order chi connectivity index (χ1) is 12.7. The zero-order valence-electron chi connectivity index (χ0n) is 13.9. The number of ether oxygens (including phenoxy) is 1. The third-order valence-electron chi connectivity index (χ3n) is 3.77. The molecule has 0 fully saturated rings. The van der Waals surface area contributed by atoms with Gasteiger partial charge in [0, 0.05) is 18.0 Å². The van der Waals surface area contributed by atoms with Crippen LogP contribution in [-0.2, 0) is 6.61 Å². The van der Waals surface area contributed by atoms with E-state index < -0.39 is 0 Å². The van der Waals surface area contributed by atoms with E-state index in [0.29, 0.717) is 34.2 Å². The third-order valence-corrected chi connectivity index (χ3v) is 3.77. The molecule has 8 nitrogen and oxygen atoms in total. The standard InChI is InChI=1S/C18H15N5O3/c1-11-20-16(23-26-11)10-25-14-7-5-13(6-8-14)21-18(24)15-4-2-3-12-9-19-22-17(12)15/h2-9H,10H2,1H3,(H,19,22)(H,21,24). The van der Waals surface area contributed by atoms with E-state index in [4.69, 9.17) is 9.26 Å². The summed E-state index contributed by atoms with van der Waals surface area (Å²) in [5.41, 5.74) is 1.91. The highest BCUT2D eigenvalue weighted by Gasteiger charge is 2.11. The predicted octanol–water partition coefficient (Wildman–Crippen LogP) is 3.09. The fourth-order valence-corrected chi connectivity index (χ4v) is 2.54. The molecule has 4 rings (SSSR count). The van der Waals surface area contributed by atoms with E-state index in [1.165, 1.54) is 0 Å². The number of nitrogens with one attached hydrogen (secondary N) is 2. The van der Waals surface area contributed by atoms with Crippen LogP contribution in [-0.4, -0.2) is 26.2 Å². The smallest absolute Gasteiger partial charge is 0.257 e. The maximum absolute atomic E-state index is 12.5. The van der Waals surface area contributed by atoms with Crippen LogP contribution in [0.25, 0.3) is 10.9 Å². The van der Waals surface area contributed by atoms with Gasteiger partial charge in [-0.15, -0.1) is 0 Å². The molecule has 1 amide bonds. The fourth-order valence-electron chi connectivity index (χ4n) is 2.54. The molecule has 0 aliphatic rings. The van der Waals surface area contributed by atoms with Crippen LogP contribution in [0, 0.1) is 6.92 Å². The molecule has 0 aliphatic heterocycles. The van der Waals surface area contributed by atoms with Crippen LogP contribution in [0.1, 0.15) is 22.1 Å². The van der Waals surface area contributed by atoms with Crippen LogP contribution < -0.4 is 10.1 Å². The van der Waals surface area contributed by atoms with Gasteiger partial charge in [0.05, 0.1) is 17.3 Å². The Morgan fingerprint density at radius 1 is 1.23 bits per heavy atom. The number of rotatable bonds is 5. The summed E-state index contributed by atoms with van der Waals surface area (Å²) in [5.74, 6) is 1.40. The number of carbonyl (C=O) groups is 1. The molecule has 0 saturated carbocycles. The number of hydrogen-bond acceptors (Lipinski definition) is 6. The first kappa shape index (κ1) is 15.8. The lowest BCUT2D eigenvalue weighted by molar-refractivity contribution is 0.102. The molecule has 130 valence electrons. The minimum atomic E-state index is -0.212. The quantitative estimate of drug-likeness (QED) is 0.573. The molecule has 8 heteroatoms. The van der Waals surface area contributed by atoms with Gasteiger partial charge in [-0.2, -0.15) is 10.1 Å². The molecule has 0 bridgehead atoms. The maximum Gasteiger partial charge on any atom is 0.257 e. The minimum absolute atomic E-state index is 0.212. The van der Waals surface area contributed by atoms with Crippen molar-refractivity contribution in [1.29, 1.82) is 0 Å². The molecule has 2 N–H and O–H groups in total. The van der Waals surface area contributed by atoms with E-state index in [0.717, 1.165) is 5.39 Å². The summed E-state index contributed by atoms with van der Waals surface area (Å²) in [7, 11) is 0. The van der Waals surface area contributed by atoms with Gasteiger partial charge in [0.2, 0.25) is 11.7 Å². The van der Waals surface area contributed by atoms with E-state index >= 15 is 0 Å². The number of aryl methyl sites for hydroxylation is 1. The molecule has 0 radical (unpaired) electrons. The van der Waals surface area contributed by atoms with Crippen molar-refractivity contribution >= 4 is 22.5 Å². The van der Waals surface area contributed by atoms with Gasteiger partial charge >= 0.3 is 0 Å². The number of nitrogens with zero attached hydrogens (tertiary/aromatic N) is 3. The van der Waals surface area contributed by atoms with Gasteiger partial charge in [-0.25, -0.2) is 0 Å². The van der Waals surface area contributed by atoms with Crippen molar-refractivity contribution in [2.75, 3.05) is 5.32 Å². The number of aromatic nitrogens is 4. The molecule has 4 aromatic rings. The molecule has 0 saturated heterocycles. The number of aromatic amines is 1. The summed E-state index contributed by atoms with van der Waals surface area (Å²) in [5, 5.41) is 14.3. The van der Waals surface area contributed by atoms with Gasteiger partial charge in [-0.1, -0.05) is 17.3 Å². The molecular weight excluding hydrogens is 334 g/mol. The number of benzene rings is 2. The molecule has 0 aliphatic carbocycles. The second-order valence-electron chi connectivity index (χ2n) is 5.64. The molecule has 0 unspecified atom stereocenters. The Bertz CT molecular complexity index is 1050. The van der Waals surface area contributed by atoms with Crippen molar-refractivity contribution < 1.29 is 14.1 Å². The Balaban J connectivity index is 1.42. The molecule has 2 heterocycles. The Morgan fingerprint density at radius 3 is 2.85 bits per heavy atom. The Hall–Kier alpha value is -3.68. The molecule has 26 heavy (non-hydrogen) atoms. The Kier molecular flexibility index (Phi) is 4.06. The fraction of sp³-hybridized carbons (Fsp3) is 0.111. The second-order valence-corrected chi connectivity index (χ2v) is 5.64. The Labute approximate surface area is 148 Å². The summed E-state index contributed by atoms with van der Waals surface area (Å²) in [6.45, 7) is 1.93. The first-order valence-corrected chi connectivity index (χ1v) is 7.94. The lowest BCUT2D eigenvalue weighted by atomic mass is 10.1. The highest BCUT2D eigenvalue weighted by atomic mass is 16.5. The minimum Gasteiger partial charge on any atom is -0.485 e. The van der Waals surface area contributed by atoms with Crippen molar-refractivity contribution in [3.63, 3.8) is 0 Å². The van der Waals surface area contributed by atoms with E-state index in [9.17, 15) is 4.79 Å². The van der Waals surface area contributed by atoms with E-state index in [1.807, 2.05) is 12.1 Å². The number of amides is 1. The lowest BCUT2D eigenvalue weighted by Gasteiger charge is -2.08. The van der Waals surface area contributed by atoms with Crippen molar-refractivity contribution in [3.05, 3.63) is 65.9 Å². The predicted molar refractivity (Wildman–Crippen MR) is 93.9 cm³/mol. The van der Waals surface area contributed by atoms with Gasteiger partial charge in [-0.3, -0.25) is 9.89 Å². The van der Waals surface area contributed by atoms with Gasteiger partial charge < -0.3 is 14.6 Å². The van der Waals surface area contributed by atoms with Crippen LogP contribution in [0.4, 0.5) is 5.69 Å². The molecule has 0 spiro atoms. The van der Waals surface area contributed by atoms with E-state index in [1.54, 1.807) is 43.5 Å². The number of H-pyrrole nitrogens is 1. The SMILES string of the molecule is Cc1nc(COc2ccc(NC(=O)c3cccc4cn[nH]c34)cc2)no1. The molecule has 2 aromatic heterocycles. The van der Waals surface area contributed by atoms with Crippen LogP contribution >= 0.6 is 0 Å². The normalized spacial score (nSPS) is 10.8. The van der Waals surface area contributed by atoms with Gasteiger partial charge in [-0.05, 0) is 30.3 Å². The number of hydrogen-bond donors (Lipinski definition) is 2. The van der Waals surface area contributed by atoms with Crippen molar-refractivity contribution in [3.8, 4) is 5.75 Å². The van der Waals surface area contributed by atoms with Crippen LogP contribution in [0.5, 0.6) is 5.75 Å². The average molecular weight is 349 g/mol. The van der Waals surface area contributed by atoms with Crippen LogP contribution in [0.15, 0.2) is 53.2 Å². The largest absolute Gasteiger partial charge is 0.485 e. The van der Waals surface area contributed by atoms with Crippen LogP contribution in [0.3, 0.4) is 0 Å². The highest BCUT2D eigenvalue weighted by Crippen LogP contribution is 2.20. The number of para-hydroxylation sites is 1. The molecule has 2 aromatic carbocycles.